The predicted octanol–water partition coefficient (Wildman–Crippen LogP) is 1.71. The quantitative estimate of drug-likeness (QED) is 0.709. The van der Waals surface area contributed by atoms with Crippen molar-refractivity contribution in [1.29, 1.82) is 0 Å². The maximum atomic E-state index is 11.9. The van der Waals surface area contributed by atoms with Gasteiger partial charge in [0.15, 0.2) is 5.43 Å². The Morgan fingerprint density at radius 3 is 2.70 bits per heavy atom. The third kappa shape index (κ3) is 2.25. The van der Waals surface area contributed by atoms with Crippen LogP contribution in [0.3, 0.4) is 0 Å². The number of aryl methyl sites for hydroxylation is 1. The highest BCUT2D eigenvalue weighted by Crippen LogP contribution is 2.07. The Kier molecular flexibility index (Phi) is 2.95. The zero-order chi connectivity index (χ0) is 14.1. The molecular weight excluding hydrogens is 256 g/mol. The summed E-state index contributed by atoms with van der Waals surface area (Å²) in [6.07, 6.45) is 1.50. The first-order valence-electron chi connectivity index (χ1n) is 6.19. The van der Waals surface area contributed by atoms with Gasteiger partial charge in [0.25, 0.3) is 0 Å². The van der Waals surface area contributed by atoms with Crippen molar-refractivity contribution in [3.63, 3.8) is 0 Å². The molecule has 0 fully saturated rings. The first-order valence-corrected chi connectivity index (χ1v) is 6.19. The number of nitrogens with zero attached hydrogens (tertiary/aromatic N) is 2. The maximum Gasteiger partial charge on any atom is 0.351 e. The minimum atomic E-state index is -0.435. The summed E-state index contributed by atoms with van der Waals surface area (Å²) in [5, 5.41) is 0.311. The molecule has 5 heteroatoms. The second-order valence-corrected chi connectivity index (χ2v) is 4.58. The molecule has 0 aliphatic carbocycles. The van der Waals surface area contributed by atoms with Gasteiger partial charge < -0.3 is 4.42 Å². The van der Waals surface area contributed by atoms with E-state index in [4.69, 9.17) is 4.42 Å². The smallest absolute Gasteiger partial charge is 0.351 e. The molecule has 0 amide bonds. The van der Waals surface area contributed by atoms with Gasteiger partial charge in [-0.25, -0.2) is 4.79 Å². The molecule has 0 bridgehead atoms. The minimum Gasteiger partial charge on any atom is -0.443 e. The Hall–Kier alpha value is -2.69. The fraction of sp³-hybridized carbons (Fsp3) is 0.133. The van der Waals surface area contributed by atoms with Crippen LogP contribution in [0.15, 0.2) is 56.6 Å². The van der Waals surface area contributed by atoms with E-state index in [2.05, 4.69) is 4.98 Å². The molecule has 0 atom stereocenters. The summed E-state index contributed by atoms with van der Waals surface area (Å²) in [6, 6.07) is 10.9. The molecule has 0 aliphatic rings. The van der Waals surface area contributed by atoms with Crippen molar-refractivity contribution >= 4 is 11.1 Å². The van der Waals surface area contributed by atoms with Crippen molar-refractivity contribution in [2.45, 2.75) is 13.5 Å². The summed E-state index contributed by atoms with van der Waals surface area (Å²) in [7, 11) is 0. The van der Waals surface area contributed by atoms with E-state index in [0.717, 1.165) is 5.56 Å². The highest BCUT2D eigenvalue weighted by molar-refractivity contribution is 5.70. The first kappa shape index (κ1) is 12.3. The SMILES string of the molecule is Cc1cc(=O)c2cn(Cc3ccccc3)c(=O)nc2o1. The third-order valence-corrected chi connectivity index (χ3v) is 3.01. The van der Waals surface area contributed by atoms with Crippen LogP contribution in [0.4, 0.5) is 0 Å². The van der Waals surface area contributed by atoms with Gasteiger partial charge in [0, 0.05) is 12.3 Å². The van der Waals surface area contributed by atoms with E-state index in [-0.39, 0.29) is 11.1 Å². The summed E-state index contributed by atoms with van der Waals surface area (Å²) in [5.74, 6) is 0.440. The van der Waals surface area contributed by atoms with Crippen molar-refractivity contribution in [3.8, 4) is 0 Å². The lowest BCUT2D eigenvalue weighted by atomic mass is 10.2. The zero-order valence-corrected chi connectivity index (χ0v) is 10.9. The molecule has 0 saturated heterocycles. The van der Waals surface area contributed by atoms with Crippen LogP contribution in [0.5, 0.6) is 0 Å². The van der Waals surface area contributed by atoms with Crippen LogP contribution in [-0.4, -0.2) is 9.55 Å². The van der Waals surface area contributed by atoms with Gasteiger partial charge in [-0.05, 0) is 12.5 Å². The molecule has 3 rings (SSSR count). The average Bonchev–Trinajstić information content (AvgIpc) is 2.41. The van der Waals surface area contributed by atoms with Crippen molar-refractivity contribution < 1.29 is 4.42 Å². The highest BCUT2D eigenvalue weighted by Gasteiger charge is 2.08. The van der Waals surface area contributed by atoms with Crippen LogP contribution in [0, 0.1) is 6.92 Å². The van der Waals surface area contributed by atoms with Gasteiger partial charge in [-0.2, -0.15) is 4.98 Å². The van der Waals surface area contributed by atoms with Crippen LogP contribution >= 0.6 is 0 Å². The van der Waals surface area contributed by atoms with Gasteiger partial charge in [-0.3, -0.25) is 9.36 Å². The van der Waals surface area contributed by atoms with Gasteiger partial charge in [-0.1, -0.05) is 30.3 Å². The second kappa shape index (κ2) is 4.77. The molecule has 1 aromatic carbocycles. The number of hydrogen-bond acceptors (Lipinski definition) is 4. The molecule has 2 heterocycles. The van der Waals surface area contributed by atoms with Crippen molar-refractivity contribution in [1.82, 2.24) is 9.55 Å². The van der Waals surface area contributed by atoms with Crippen LogP contribution in [0.1, 0.15) is 11.3 Å². The van der Waals surface area contributed by atoms with Crippen molar-refractivity contribution in [2.75, 3.05) is 0 Å². The molecular formula is C15H12N2O3. The van der Waals surface area contributed by atoms with Crippen LogP contribution in [-0.2, 0) is 6.54 Å². The molecule has 0 N–H and O–H groups in total. The second-order valence-electron chi connectivity index (χ2n) is 4.58. The van der Waals surface area contributed by atoms with Gasteiger partial charge >= 0.3 is 5.69 Å². The standard InChI is InChI=1S/C15H12N2O3/c1-10-7-13(18)12-9-17(15(19)16-14(12)20-10)8-11-5-3-2-4-6-11/h2-7,9H,8H2,1H3. The molecule has 100 valence electrons. The van der Waals surface area contributed by atoms with Gasteiger partial charge in [0.1, 0.15) is 11.1 Å². The molecule has 0 radical (unpaired) electrons. The van der Waals surface area contributed by atoms with Gasteiger partial charge in [0.05, 0.1) is 6.54 Å². The molecule has 0 unspecified atom stereocenters. The third-order valence-electron chi connectivity index (χ3n) is 3.01. The summed E-state index contributed by atoms with van der Waals surface area (Å²) in [4.78, 5) is 27.7. The van der Waals surface area contributed by atoms with E-state index >= 15 is 0 Å². The summed E-state index contributed by atoms with van der Waals surface area (Å²) in [6.45, 7) is 2.02. The van der Waals surface area contributed by atoms with Crippen LogP contribution in [0.25, 0.3) is 11.1 Å². The van der Waals surface area contributed by atoms with Gasteiger partial charge in [-0.15, -0.1) is 0 Å². The summed E-state index contributed by atoms with van der Waals surface area (Å²) in [5.41, 5.74) is 0.421. The zero-order valence-electron chi connectivity index (χ0n) is 10.9. The van der Waals surface area contributed by atoms with Crippen LogP contribution < -0.4 is 11.1 Å². The summed E-state index contributed by atoms with van der Waals surface area (Å²) < 4.78 is 6.71. The Labute approximate surface area is 114 Å². The topological polar surface area (TPSA) is 65.1 Å². The maximum absolute atomic E-state index is 11.9. The molecule has 0 spiro atoms. The molecule has 20 heavy (non-hydrogen) atoms. The van der Waals surface area contributed by atoms with Crippen LogP contribution in [0.2, 0.25) is 0 Å². The lowest BCUT2D eigenvalue weighted by molar-refractivity contribution is 0.546. The van der Waals surface area contributed by atoms with Crippen molar-refractivity contribution in [2.24, 2.45) is 0 Å². The van der Waals surface area contributed by atoms with E-state index in [1.54, 1.807) is 6.92 Å². The number of benzene rings is 1. The van der Waals surface area contributed by atoms with E-state index < -0.39 is 5.69 Å². The Morgan fingerprint density at radius 2 is 1.95 bits per heavy atom. The van der Waals surface area contributed by atoms with Crippen molar-refractivity contribution in [3.05, 3.63) is 74.6 Å². The number of hydrogen-bond donors (Lipinski definition) is 0. The predicted molar refractivity (Wildman–Crippen MR) is 74.8 cm³/mol. The molecule has 0 aliphatic heterocycles. The Bertz CT molecular complexity index is 879. The van der Waals surface area contributed by atoms with E-state index in [0.29, 0.717) is 17.7 Å². The molecule has 0 saturated carbocycles. The van der Waals surface area contributed by atoms with Gasteiger partial charge in [0.2, 0.25) is 5.71 Å². The lowest BCUT2D eigenvalue weighted by Crippen LogP contribution is -2.24. The average molecular weight is 268 g/mol. The molecule has 5 nitrogen and oxygen atoms in total. The fourth-order valence-electron chi connectivity index (χ4n) is 2.06. The number of fused-ring (bicyclic) bond motifs is 1. The lowest BCUT2D eigenvalue weighted by Gasteiger charge is -2.06. The number of aromatic nitrogens is 2. The number of rotatable bonds is 2. The minimum absolute atomic E-state index is 0.0873. The Balaban J connectivity index is 2.15. The largest absolute Gasteiger partial charge is 0.443 e. The monoisotopic (exact) mass is 268 g/mol. The normalized spacial score (nSPS) is 10.8. The molecule has 3 aromatic rings. The first-order chi connectivity index (χ1) is 9.63. The van der Waals surface area contributed by atoms with E-state index in [1.807, 2.05) is 30.3 Å². The summed E-state index contributed by atoms with van der Waals surface area (Å²) >= 11 is 0. The van der Waals surface area contributed by atoms with E-state index in [1.165, 1.54) is 16.8 Å². The fourth-order valence-corrected chi connectivity index (χ4v) is 2.06. The van der Waals surface area contributed by atoms with E-state index in [9.17, 15) is 9.59 Å². The molecule has 2 aromatic heterocycles. The highest BCUT2D eigenvalue weighted by atomic mass is 16.3. The Morgan fingerprint density at radius 1 is 1.20 bits per heavy atom.